The van der Waals surface area contributed by atoms with Crippen LogP contribution in [0.2, 0.25) is 5.02 Å². The Bertz CT molecular complexity index is 1020. The maximum Gasteiger partial charge on any atom is 0.335 e. The molecule has 0 spiro atoms. The van der Waals surface area contributed by atoms with E-state index in [-0.39, 0.29) is 0 Å². The third-order valence-electron chi connectivity index (χ3n) is 4.82. The summed E-state index contributed by atoms with van der Waals surface area (Å²) in [5.74, 6) is 1.70. The zero-order valence-corrected chi connectivity index (χ0v) is 15.6. The van der Waals surface area contributed by atoms with Crippen molar-refractivity contribution in [2.75, 3.05) is 0 Å². The number of rotatable bonds is 4. The Morgan fingerprint density at radius 3 is 2.37 bits per heavy atom. The first-order valence-electron chi connectivity index (χ1n) is 9.01. The number of para-hydroxylation sites is 1. The molecule has 136 valence electrons. The van der Waals surface area contributed by atoms with Crippen molar-refractivity contribution in [3.05, 3.63) is 77.3 Å². The molecule has 0 aromatic heterocycles. The highest BCUT2D eigenvalue weighted by Crippen LogP contribution is 2.46. The van der Waals surface area contributed by atoms with Crippen molar-refractivity contribution >= 4 is 28.3 Å². The second kappa shape index (κ2) is 7.45. The Morgan fingerprint density at radius 1 is 0.963 bits per heavy atom. The standard InChI is InChI=1S/C23H19ClO3/c1-2-21(25)27-22-17-10-6-7-11-18(17)23(26-16-8-4-3-5-9-16)20-14-15(24)12-13-19(20)22/h2-5,8-9,12-14H,1,6-7,10-11H2. The van der Waals surface area contributed by atoms with E-state index in [1.54, 1.807) is 6.07 Å². The van der Waals surface area contributed by atoms with Gasteiger partial charge in [-0.2, -0.15) is 0 Å². The van der Waals surface area contributed by atoms with E-state index in [4.69, 9.17) is 21.1 Å². The van der Waals surface area contributed by atoms with Gasteiger partial charge in [0.2, 0.25) is 0 Å². The molecule has 0 aliphatic heterocycles. The van der Waals surface area contributed by atoms with Gasteiger partial charge in [-0.15, -0.1) is 0 Å². The van der Waals surface area contributed by atoms with Gasteiger partial charge in [0.15, 0.2) is 0 Å². The summed E-state index contributed by atoms with van der Waals surface area (Å²) in [6.45, 7) is 3.52. The fraction of sp³-hybridized carbons (Fsp3) is 0.174. The van der Waals surface area contributed by atoms with Crippen LogP contribution in [-0.4, -0.2) is 5.97 Å². The van der Waals surface area contributed by atoms with Crippen molar-refractivity contribution in [1.29, 1.82) is 0 Å². The highest BCUT2D eigenvalue weighted by Gasteiger charge is 2.25. The van der Waals surface area contributed by atoms with Crippen molar-refractivity contribution in [1.82, 2.24) is 0 Å². The van der Waals surface area contributed by atoms with E-state index in [0.29, 0.717) is 10.8 Å². The quantitative estimate of drug-likeness (QED) is 0.305. The first-order chi connectivity index (χ1) is 13.2. The third kappa shape index (κ3) is 3.43. The zero-order valence-electron chi connectivity index (χ0n) is 14.8. The first kappa shape index (κ1) is 17.6. The van der Waals surface area contributed by atoms with E-state index in [0.717, 1.165) is 59.1 Å². The van der Waals surface area contributed by atoms with Crippen molar-refractivity contribution < 1.29 is 14.3 Å². The lowest BCUT2D eigenvalue weighted by atomic mass is 9.87. The molecule has 0 saturated carbocycles. The topological polar surface area (TPSA) is 35.5 Å². The average Bonchev–Trinajstić information content (AvgIpc) is 2.71. The van der Waals surface area contributed by atoms with Crippen LogP contribution in [0.25, 0.3) is 10.8 Å². The van der Waals surface area contributed by atoms with Crippen LogP contribution < -0.4 is 9.47 Å². The Kier molecular flexibility index (Phi) is 4.87. The fourth-order valence-electron chi connectivity index (χ4n) is 3.62. The second-order valence-electron chi connectivity index (χ2n) is 6.55. The predicted octanol–water partition coefficient (Wildman–Crippen LogP) is 6.26. The van der Waals surface area contributed by atoms with Gasteiger partial charge in [-0.05, 0) is 56.0 Å². The number of benzene rings is 3. The summed E-state index contributed by atoms with van der Waals surface area (Å²) < 4.78 is 12.0. The summed E-state index contributed by atoms with van der Waals surface area (Å²) in [4.78, 5) is 12.0. The van der Waals surface area contributed by atoms with Crippen molar-refractivity contribution in [2.45, 2.75) is 25.7 Å². The van der Waals surface area contributed by atoms with E-state index in [1.807, 2.05) is 42.5 Å². The number of fused-ring (bicyclic) bond motifs is 2. The molecule has 3 aromatic rings. The van der Waals surface area contributed by atoms with Crippen molar-refractivity contribution in [3.63, 3.8) is 0 Å². The molecule has 0 saturated heterocycles. The van der Waals surface area contributed by atoms with Crippen LogP contribution >= 0.6 is 11.6 Å². The molecular weight excluding hydrogens is 360 g/mol. The summed E-state index contributed by atoms with van der Waals surface area (Å²) in [6, 6.07) is 15.3. The minimum atomic E-state index is -0.462. The minimum Gasteiger partial charge on any atom is -0.456 e. The third-order valence-corrected chi connectivity index (χ3v) is 5.05. The molecule has 1 aliphatic carbocycles. The Labute approximate surface area is 163 Å². The average molecular weight is 379 g/mol. The monoisotopic (exact) mass is 378 g/mol. The Balaban J connectivity index is 1.99. The molecule has 4 rings (SSSR count). The molecule has 0 fully saturated rings. The van der Waals surface area contributed by atoms with Gasteiger partial charge in [0.25, 0.3) is 0 Å². The second-order valence-corrected chi connectivity index (χ2v) is 6.99. The molecule has 4 heteroatoms. The molecule has 0 bridgehead atoms. The van der Waals surface area contributed by atoms with E-state index >= 15 is 0 Å². The number of carbonyl (C=O) groups is 1. The van der Waals surface area contributed by atoms with Crippen LogP contribution in [0.5, 0.6) is 17.2 Å². The van der Waals surface area contributed by atoms with E-state index in [1.165, 1.54) is 6.08 Å². The lowest BCUT2D eigenvalue weighted by molar-refractivity contribution is -0.128. The van der Waals surface area contributed by atoms with E-state index < -0.39 is 5.97 Å². The first-order valence-corrected chi connectivity index (χ1v) is 9.39. The van der Waals surface area contributed by atoms with Crippen molar-refractivity contribution in [3.8, 4) is 17.2 Å². The van der Waals surface area contributed by atoms with Gasteiger partial charge in [-0.1, -0.05) is 36.4 Å². The summed E-state index contributed by atoms with van der Waals surface area (Å²) >= 11 is 6.28. The molecule has 3 nitrogen and oxygen atoms in total. The molecule has 1 aliphatic rings. The van der Waals surface area contributed by atoms with Crippen LogP contribution in [0, 0.1) is 0 Å². The van der Waals surface area contributed by atoms with Crippen LogP contribution in [-0.2, 0) is 17.6 Å². The summed E-state index contributed by atoms with van der Waals surface area (Å²) in [5, 5.41) is 2.28. The highest BCUT2D eigenvalue weighted by molar-refractivity contribution is 6.31. The number of hydrogen-bond donors (Lipinski definition) is 0. The van der Waals surface area contributed by atoms with Crippen LogP contribution in [0.4, 0.5) is 0 Å². The highest BCUT2D eigenvalue weighted by atomic mass is 35.5. The lowest BCUT2D eigenvalue weighted by Gasteiger charge is -2.24. The van der Waals surface area contributed by atoms with Gasteiger partial charge in [-0.25, -0.2) is 4.79 Å². The number of esters is 1. The van der Waals surface area contributed by atoms with Gasteiger partial charge in [0, 0.05) is 33.0 Å². The Morgan fingerprint density at radius 2 is 1.67 bits per heavy atom. The lowest BCUT2D eigenvalue weighted by Crippen LogP contribution is -2.12. The molecule has 0 radical (unpaired) electrons. The van der Waals surface area contributed by atoms with Crippen LogP contribution in [0.3, 0.4) is 0 Å². The number of halogens is 1. The van der Waals surface area contributed by atoms with Gasteiger partial charge < -0.3 is 9.47 Å². The normalized spacial score (nSPS) is 13.1. The SMILES string of the molecule is C=CC(=O)Oc1c2c(c(Oc3ccccc3)c3cc(Cl)ccc13)CCCC2. The predicted molar refractivity (Wildman–Crippen MR) is 108 cm³/mol. The van der Waals surface area contributed by atoms with E-state index in [2.05, 4.69) is 6.58 Å². The fourth-order valence-corrected chi connectivity index (χ4v) is 3.79. The summed E-state index contributed by atoms with van der Waals surface area (Å²) in [5.41, 5.74) is 2.13. The van der Waals surface area contributed by atoms with Crippen LogP contribution in [0.1, 0.15) is 24.0 Å². The summed E-state index contributed by atoms with van der Waals surface area (Å²) in [7, 11) is 0. The van der Waals surface area contributed by atoms with Gasteiger partial charge in [0.05, 0.1) is 0 Å². The molecular formula is C23H19ClO3. The Hall–Kier alpha value is -2.78. The zero-order chi connectivity index (χ0) is 18.8. The maximum absolute atomic E-state index is 12.0. The largest absolute Gasteiger partial charge is 0.456 e. The molecule has 27 heavy (non-hydrogen) atoms. The molecule has 0 atom stereocenters. The molecule has 3 aromatic carbocycles. The summed E-state index contributed by atoms with van der Waals surface area (Å²) in [6.07, 6.45) is 5.03. The minimum absolute atomic E-state index is 0.462. The molecule has 0 N–H and O–H groups in total. The smallest absolute Gasteiger partial charge is 0.335 e. The van der Waals surface area contributed by atoms with E-state index in [9.17, 15) is 4.79 Å². The molecule has 0 amide bonds. The number of carbonyl (C=O) groups excluding carboxylic acids is 1. The number of hydrogen-bond acceptors (Lipinski definition) is 3. The number of ether oxygens (including phenoxy) is 2. The van der Waals surface area contributed by atoms with Crippen molar-refractivity contribution in [2.24, 2.45) is 0 Å². The van der Waals surface area contributed by atoms with Crippen LogP contribution in [0.15, 0.2) is 61.2 Å². The van der Waals surface area contributed by atoms with Gasteiger partial charge >= 0.3 is 5.97 Å². The van der Waals surface area contributed by atoms with Gasteiger partial charge in [0.1, 0.15) is 17.2 Å². The molecule has 0 unspecified atom stereocenters. The van der Waals surface area contributed by atoms with Gasteiger partial charge in [-0.3, -0.25) is 0 Å². The molecule has 0 heterocycles. The maximum atomic E-state index is 12.0.